The third kappa shape index (κ3) is 3.38. The fourth-order valence-electron chi connectivity index (χ4n) is 4.58. The van der Waals surface area contributed by atoms with E-state index >= 15 is 0 Å². The Bertz CT molecular complexity index is 1220. The molecule has 0 radical (unpaired) electrons. The van der Waals surface area contributed by atoms with Gasteiger partial charge in [-0.1, -0.05) is 42.5 Å². The number of nitrogens with zero attached hydrogens (tertiary/aromatic N) is 3. The molecule has 4 aromatic rings. The van der Waals surface area contributed by atoms with Crippen LogP contribution in [-0.4, -0.2) is 47.9 Å². The minimum atomic E-state index is 0.114. The summed E-state index contributed by atoms with van der Waals surface area (Å²) in [5.74, 6) is 0.492. The highest BCUT2D eigenvalue weighted by atomic mass is 32.1. The standard InChI is InChI=1S/C25H25N3OS/c1-27(2)25(29)24-22(20-10-3-4-11-21(20)30-24)18-12-14-28(15-18)16-19-8-5-7-17-9-6-13-26-23(17)19/h3-11,13,18H,12,14-16H2,1-2H3/t18-/m0/s1. The lowest BCUT2D eigenvalue weighted by molar-refractivity contribution is 0.0831. The number of hydrogen-bond acceptors (Lipinski definition) is 4. The summed E-state index contributed by atoms with van der Waals surface area (Å²) < 4.78 is 1.20. The molecule has 3 heterocycles. The van der Waals surface area contributed by atoms with E-state index in [2.05, 4.69) is 58.4 Å². The van der Waals surface area contributed by atoms with Gasteiger partial charge in [-0.3, -0.25) is 14.7 Å². The van der Waals surface area contributed by atoms with Crippen molar-refractivity contribution < 1.29 is 4.79 Å². The molecule has 5 heteroatoms. The van der Waals surface area contributed by atoms with Crippen LogP contribution in [-0.2, 0) is 6.54 Å². The van der Waals surface area contributed by atoms with Crippen LogP contribution in [0.25, 0.3) is 21.0 Å². The summed E-state index contributed by atoms with van der Waals surface area (Å²) in [4.78, 5) is 22.6. The molecule has 1 aliphatic heterocycles. The van der Waals surface area contributed by atoms with Crippen molar-refractivity contribution in [1.29, 1.82) is 0 Å². The van der Waals surface area contributed by atoms with Crippen LogP contribution in [0.4, 0.5) is 0 Å². The SMILES string of the molecule is CN(C)C(=O)c1sc2ccccc2c1[C@H]1CCN(Cc2cccc3cccnc23)C1. The summed E-state index contributed by atoms with van der Waals surface area (Å²) in [6.45, 7) is 2.90. The van der Waals surface area contributed by atoms with Gasteiger partial charge in [-0.2, -0.15) is 0 Å². The van der Waals surface area contributed by atoms with E-state index < -0.39 is 0 Å². The predicted molar refractivity (Wildman–Crippen MR) is 124 cm³/mol. The second-order valence-corrected chi connectivity index (χ2v) is 9.31. The minimum Gasteiger partial charge on any atom is -0.344 e. The third-order valence-corrected chi connectivity index (χ3v) is 7.20. The molecule has 0 saturated carbocycles. The maximum Gasteiger partial charge on any atom is 0.263 e. The molecule has 1 fully saturated rings. The van der Waals surface area contributed by atoms with Gasteiger partial charge in [0.05, 0.1) is 10.4 Å². The number of hydrogen-bond donors (Lipinski definition) is 0. The van der Waals surface area contributed by atoms with E-state index in [0.717, 1.165) is 36.4 Å². The summed E-state index contributed by atoms with van der Waals surface area (Å²) in [5, 5.41) is 2.43. The Morgan fingerprint density at radius 1 is 1.13 bits per heavy atom. The third-order valence-electron chi connectivity index (χ3n) is 6.03. The van der Waals surface area contributed by atoms with Gasteiger partial charge in [0.1, 0.15) is 0 Å². The molecular weight excluding hydrogens is 390 g/mol. The first kappa shape index (κ1) is 19.2. The van der Waals surface area contributed by atoms with Gasteiger partial charge in [0, 0.05) is 49.4 Å². The van der Waals surface area contributed by atoms with Gasteiger partial charge in [-0.05, 0) is 41.6 Å². The van der Waals surface area contributed by atoms with Gasteiger partial charge in [0.2, 0.25) is 0 Å². The molecule has 2 aromatic heterocycles. The lowest BCUT2D eigenvalue weighted by Crippen LogP contribution is -2.23. The molecule has 1 aliphatic rings. The Morgan fingerprint density at radius 3 is 2.83 bits per heavy atom. The number of benzene rings is 2. The minimum absolute atomic E-state index is 0.114. The van der Waals surface area contributed by atoms with Crippen LogP contribution in [0, 0.1) is 0 Å². The van der Waals surface area contributed by atoms with Crippen molar-refractivity contribution in [3.05, 3.63) is 76.8 Å². The fraction of sp³-hybridized carbons (Fsp3) is 0.280. The van der Waals surface area contributed by atoms with E-state index in [1.165, 1.54) is 26.6 Å². The summed E-state index contributed by atoms with van der Waals surface area (Å²) in [6, 6.07) is 19.0. The Hall–Kier alpha value is -2.76. The lowest BCUT2D eigenvalue weighted by atomic mass is 9.95. The van der Waals surface area contributed by atoms with Gasteiger partial charge in [0.15, 0.2) is 0 Å². The van der Waals surface area contributed by atoms with Crippen LogP contribution < -0.4 is 0 Å². The first-order valence-corrected chi connectivity index (χ1v) is 11.2. The molecule has 4 nitrogen and oxygen atoms in total. The molecule has 0 aliphatic carbocycles. The number of carbonyl (C=O) groups is 1. The zero-order valence-corrected chi connectivity index (χ0v) is 18.2. The van der Waals surface area contributed by atoms with E-state index in [1.807, 2.05) is 26.4 Å². The first-order valence-electron chi connectivity index (χ1n) is 10.4. The zero-order chi connectivity index (χ0) is 20.7. The lowest BCUT2D eigenvalue weighted by Gasteiger charge is -2.18. The highest BCUT2D eigenvalue weighted by Crippen LogP contribution is 2.40. The second kappa shape index (κ2) is 7.82. The van der Waals surface area contributed by atoms with Crippen molar-refractivity contribution in [1.82, 2.24) is 14.8 Å². The van der Waals surface area contributed by atoms with Gasteiger partial charge in [-0.15, -0.1) is 11.3 Å². The highest BCUT2D eigenvalue weighted by Gasteiger charge is 2.31. The van der Waals surface area contributed by atoms with Gasteiger partial charge in [0.25, 0.3) is 5.91 Å². The van der Waals surface area contributed by atoms with Crippen molar-refractivity contribution in [3.63, 3.8) is 0 Å². The van der Waals surface area contributed by atoms with Crippen molar-refractivity contribution in [2.75, 3.05) is 27.2 Å². The monoisotopic (exact) mass is 415 g/mol. The smallest absolute Gasteiger partial charge is 0.263 e. The molecule has 0 spiro atoms. The number of aromatic nitrogens is 1. The number of carbonyl (C=O) groups excluding carboxylic acids is 1. The topological polar surface area (TPSA) is 36.4 Å². The number of fused-ring (bicyclic) bond motifs is 2. The second-order valence-electron chi connectivity index (χ2n) is 8.25. The van der Waals surface area contributed by atoms with Gasteiger partial charge in [-0.25, -0.2) is 0 Å². The molecule has 0 unspecified atom stereocenters. The van der Waals surface area contributed by atoms with E-state index in [4.69, 9.17) is 0 Å². The molecule has 30 heavy (non-hydrogen) atoms. The number of amides is 1. The average Bonchev–Trinajstić information content (AvgIpc) is 3.37. The van der Waals surface area contributed by atoms with Crippen LogP contribution in [0.5, 0.6) is 0 Å². The first-order chi connectivity index (χ1) is 14.6. The highest BCUT2D eigenvalue weighted by molar-refractivity contribution is 7.21. The molecule has 1 atom stereocenters. The number of pyridine rings is 1. The summed E-state index contributed by atoms with van der Waals surface area (Å²) >= 11 is 1.63. The predicted octanol–water partition coefficient (Wildman–Crippen LogP) is 5.14. The maximum absolute atomic E-state index is 12.9. The summed E-state index contributed by atoms with van der Waals surface area (Å²) in [5.41, 5.74) is 3.61. The Kier molecular flexibility index (Phi) is 5.01. The molecule has 152 valence electrons. The van der Waals surface area contributed by atoms with E-state index in [1.54, 1.807) is 16.2 Å². The van der Waals surface area contributed by atoms with E-state index in [0.29, 0.717) is 5.92 Å². The molecule has 1 amide bonds. The largest absolute Gasteiger partial charge is 0.344 e. The molecule has 1 saturated heterocycles. The fourth-order valence-corrected chi connectivity index (χ4v) is 5.89. The van der Waals surface area contributed by atoms with Gasteiger partial charge >= 0.3 is 0 Å². The van der Waals surface area contributed by atoms with Gasteiger partial charge < -0.3 is 4.90 Å². The Morgan fingerprint density at radius 2 is 1.97 bits per heavy atom. The number of thiophene rings is 1. The van der Waals surface area contributed by atoms with E-state index in [9.17, 15) is 4.79 Å². The molecule has 2 aromatic carbocycles. The summed E-state index contributed by atoms with van der Waals surface area (Å²) in [6.07, 6.45) is 2.95. The molecule has 0 N–H and O–H groups in total. The van der Waals surface area contributed by atoms with Crippen LogP contribution in [0.2, 0.25) is 0 Å². The molecular formula is C25H25N3OS. The van der Waals surface area contributed by atoms with Crippen molar-refractivity contribution >= 4 is 38.2 Å². The average molecular weight is 416 g/mol. The van der Waals surface area contributed by atoms with Crippen molar-refractivity contribution in [2.24, 2.45) is 0 Å². The van der Waals surface area contributed by atoms with Crippen LogP contribution in [0.15, 0.2) is 60.8 Å². The summed E-state index contributed by atoms with van der Waals surface area (Å²) in [7, 11) is 3.68. The molecule has 5 rings (SSSR count). The number of rotatable bonds is 4. The Labute approximate surface area is 180 Å². The van der Waals surface area contributed by atoms with Crippen LogP contribution >= 0.6 is 11.3 Å². The Balaban J connectivity index is 1.45. The normalized spacial score (nSPS) is 17.1. The van der Waals surface area contributed by atoms with Crippen molar-refractivity contribution in [2.45, 2.75) is 18.9 Å². The van der Waals surface area contributed by atoms with E-state index in [-0.39, 0.29) is 5.91 Å². The number of likely N-dealkylation sites (tertiary alicyclic amines) is 1. The number of para-hydroxylation sites is 1. The zero-order valence-electron chi connectivity index (χ0n) is 17.3. The quantitative estimate of drug-likeness (QED) is 0.463. The van der Waals surface area contributed by atoms with Crippen LogP contribution in [0.1, 0.15) is 33.1 Å². The maximum atomic E-state index is 12.9. The van der Waals surface area contributed by atoms with Crippen molar-refractivity contribution in [3.8, 4) is 0 Å². The molecule has 0 bridgehead atoms. The van der Waals surface area contributed by atoms with Crippen LogP contribution in [0.3, 0.4) is 0 Å².